The van der Waals surface area contributed by atoms with Gasteiger partial charge in [-0.1, -0.05) is 55.6 Å². The van der Waals surface area contributed by atoms with E-state index in [1.807, 2.05) is 36.4 Å². The van der Waals surface area contributed by atoms with Gasteiger partial charge in [-0.2, -0.15) is 0 Å². The molecule has 1 saturated heterocycles. The van der Waals surface area contributed by atoms with Crippen LogP contribution >= 0.6 is 11.6 Å². The number of nitrogens with zero attached hydrogens (tertiary/aromatic N) is 2. The fraction of sp³-hybridized carbons (Fsp3) is 0.484. The lowest BCUT2D eigenvalue weighted by Gasteiger charge is -2.41. The molecule has 2 atom stereocenters. The van der Waals surface area contributed by atoms with E-state index in [9.17, 15) is 5.11 Å². The van der Waals surface area contributed by atoms with Gasteiger partial charge in [0.05, 0.1) is 39.6 Å². The molecule has 1 N–H and O–H groups in total. The van der Waals surface area contributed by atoms with E-state index in [1.165, 1.54) is 0 Å². The van der Waals surface area contributed by atoms with E-state index in [2.05, 4.69) is 22.8 Å². The van der Waals surface area contributed by atoms with Crippen molar-refractivity contribution in [3.8, 4) is 23.0 Å². The molecular weight excluding hydrogens is 516 g/mol. The van der Waals surface area contributed by atoms with Crippen LogP contribution < -0.4 is 18.9 Å². The Balaban J connectivity index is 1.48. The molecule has 1 aliphatic heterocycles. The third-order valence-corrected chi connectivity index (χ3v) is 8.17. The maximum atomic E-state index is 11.6. The van der Waals surface area contributed by atoms with E-state index in [0.29, 0.717) is 28.0 Å². The molecule has 0 unspecified atom stereocenters. The van der Waals surface area contributed by atoms with Gasteiger partial charge in [-0.3, -0.25) is 9.80 Å². The first-order valence-corrected chi connectivity index (χ1v) is 14.0. The number of benzene rings is 3. The normalized spacial score (nSPS) is 16.2. The molecule has 0 aliphatic carbocycles. The van der Waals surface area contributed by atoms with Crippen LogP contribution in [0.5, 0.6) is 23.0 Å². The molecule has 7 nitrogen and oxygen atoms in total. The molecule has 0 saturated carbocycles. The molecule has 212 valence electrons. The van der Waals surface area contributed by atoms with Crippen LogP contribution in [0.15, 0.2) is 42.5 Å². The fourth-order valence-electron chi connectivity index (χ4n) is 5.59. The first-order valence-electron chi connectivity index (χ1n) is 13.6. The Morgan fingerprint density at radius 1 is 0.846 bits per heavy atom. The van der Waals surface area contributed by atoms with Gasteiger partial charge in [-0.25, -0.2) is 0 Å². The molecule has 0 amide bonds. The number of fused-ring (bicyclic) bond motifs is 1. The van der Waals surface area contributed by atoms with E-state index in [1.54, 1.807) is 28.4 Å². The van der Waals surface area contributed by atoms with Crippen LogP contribution in [0.25, 0.3) is 10.8 Å². The average Bonchev–Trinajstić information content (AvgIpc) is 2.97. The van der Waals surface area contributed by atoms with Crippen molar-refractivity contribution in [2.75, 3.05) is 54.6 Å². The molecule has 4 rings (SSSR count). The SMILES string of the molecule is CCCC[C@H]([C@@H](O)c1ccc2c(Cl)c(OC)ccc2c1)N1CCN(Cc2ccc(OC)c(OC)c2OC)CC1. The number of rotatable bonds is 12. The highest BCUT2D eigenvalue weighted by Crippen LogP contribution is 2.40. The first-order chi connectivity index (χ1) is 18.9. The Morgan fingerprint density at radius 2 is 1.54 bits per heavy atom. The number of hydrogen-bond donors (Lipinski definition) is 1. The number of aliphatic hydroxyl groups excluding tert-OH is 1. The molecule has 0 radical (unpaired) electrons. The molecule has 3 aromatic carbocycles. The summed E-state index contributed by atoms with van der Waals surface area (Å²) in [5, 5.41) is 14.1. The van der Waals surface area contributed by atoms with Crippen LogP contribution in [0, 0.1) is 0 Å². The summed E-state index contributed by atoms with van der Waals surface area (Å²) in [5.41, 5.74) is 1.99. The summed E-state index contributed by atoms with van der Waals surface area (Å²) < 4.78 is 22.1. The van der Waals surface area contributed by atoms with Crippen molar-refractivity contribution in [2.24, 2.45) is 0 Å². The molecular formula is C31H41ClN2O5. The minimum atomic E-state index is -0.584. The predicted octanol–water partition coefficient (Wildman–Crippen LogP) is 5.94. The van der Waals surface area contributed by atoms with Gasteiger partial charge in [0.25, 0.3) is 0 Å². The topological polar surface area (TPSA) is 63.6 Å². The van der Waals surface area contributed by atoms with Crippen LogP contribution in [0.1, 0.15) is 43.4 Å². The molecule has 0 spiro atoms. The smallest absolute Gasteiger partial charge is 0.203 e. The zero-order chi connectivity index (χ0) is 27.9. The Bertz CT molecular complexity index is 1250. The van der Waals surface area contributed by atoms with Crippen molar-refractivity contribution in [1.29, 1.82) is 0 Å². The molecule has 1 aliphatic rings. The van der Waals surface area contributed by atoms with E-state index in [4.69, 9.17) is 30.5 Å². The number of ether oxygens (including phenoxy) is 4. The zero-order valence-electron chi connectivity index (χ0n) is 23.7. The number of halogens is 1. The fourth-order valence-corrected chi connectivity index (χ4v) is 5.90. The van der Waals surface area contributed by atoms with Gasteiger partial charge in [-0.05, 0) is 35.6 Å². The van der Waals surface area contributed by atoms with Gasteiger partial charge in [0.2, 0.25) is 5.75 Å². The van der Waals surface area contributed by atoms with Gasteiger partial charge in [0, 0.05) is 49.7 Å². The zero-order valence-corrected chi connectivity index (χ0v) is 24.5. The molecule has 8 heteroatoms. The number of aliphatic hydroxyl groups is 1. The van der Waals surface area contributed by atoms with Crippen molar-refractivity contribution >= 4 is 22.4 Å². The van der Waals surface area contributed by atoms with Crippen molar-refractivity contribution in [1.82, 2.24) is 9.80 Å². The highest BCUT2D eigenvalue weighted by molar-refractivity contribution is 6.37. The maximum Gasteiger partial charge on any atom is 0.203 e. The first kappa shape index (κ1) is 29.3. The summed E-state index contributed by atoms with van der Waals surface area (Å²) in [6.07, 6.45) is 2.53. The van der Waals surface area contributed by atoms with E-state index < -0.39 is 6.10 Å². The standard InChI is InChI=1S/C31H41ClN2O5/c1-6-7-8-25(29(35)22-9-12-24-21(19-22)10-13-26(36-2)28(24)32)34-17-15-33(16-18-34)20-23-11-14-27(37-3)31(39-5)30(23)38-4/h9-14,19,25,29,35H,6-8,15-18,20H2,1-5H3/t25-,29+/m1/s1. The highest BCUT2D eigenvalue weighted by Gasteiger charge is 2.30. The molecule has 3 aromatic rings. The predicted molar refractivity (Wildman–Crippen MR) is 157 cm³/mol. The van der Waals surface area contributed by atoms with Gasteiger partial charge in [0.15, 0.2) is 11.5 Å². The number of methoxy groups -OCH3 is 4. The van der Waals surface area contributed by atoms with Crippen molar-refractivity contribution in [2.45, 2.75) is 44.9 Å². The lowest BCUT2D eigenvalue weighted by molar-refractivity contribution is 0.0111. The van der Waals surface area contributed by atoms with Gasteiger partial charge in [-0.15, -0.1) is 0 Å². The Labute approximate surface area is 237 Å². The van der Waals surface area contributed by atoms with Gasteiger partial charge < -0.3 is 24.1 Å². The summed E-state index contributed by atoms with van der Waals surface area (Å²) in [6, 6.07) is 13.9. The van der Waals surface area contributed by atoms with E-state index in [0.717, 1.165) is 73.9 Å². The molecule has 1 heterocycles. The van der Waals surface area contributed by atoms with Crippen LogP contribution in [0.4, 0.5) is 0 Å². The Kier molecular flexibility index (Phi) is 10.2. The summed E-state index contributed by atoms with van der Waals surface area (Å²) in [4.78, 5) is 4.88. The van der Waals surface area contributed by atoms with Crippen LogP contribution in [0.3, 0.4) is 0 Å². The van der Waals surface area contributed by atoms with E-state index >= 15 is 0 Å². The third-order valence-electron chi connectivity index (χ3n) is 7.78. The van der Waals surface area contributed by atoms with Crippen LogP contribution in [0.2, 0.25) is 5.02 Å². The van der Waals surface area contributed by atoms with Crippen LogP contribution in [-0.2, 0) is 6.54 Å². The van der Waals surface area contributed by atoms with E-state index in [-0.39, 0.29) is 6.04 Å². The summed E-state index contributed by atoms with van der Waals surface area (Å²) in [5.74, 6) is 2.64. The number of hydrogen-bond acceptors (Lipinski definition) is 7. The minimum Gasteiger partial charge on any atom is -0.495 e. The van der Waals surface area contributed by atoms with Crippen molar-refractivity contribution in [3.63, 3.8) is 0 Å². The quantitative estimate of drug-likeness (QED) is 0.296. The van der Waals surface area contributed by atoms with Crippen LogP contribution in [-0.4, -0.2) is 75.6 Å². The Morgan fingerprint density at radius 3 is 2.18 bits per heavy atom. The summed E-state index contributed by atoms with van der Waals surface area (Å²) in [6.45, 7) is 6.53. The largest absolute Gasteiger partial charge is 0.495 e. The van der Waals surface area contributed by atoms with Crippen molar-refractivity contribution < 1.29 is 24.1 Å². The summed E-state index contributed by atoms with van der Waals surface area (Å²) in [7, 11) is 6.54. The molecule has 1 fully saturated rings. The number of piperazine rings is 1. The monoisotopic (exact) mass is 556 g/mol. The second-order valence-electron chi connectivity index (χ2n) is 10.0. The number of unbranched alkanes of at least 4 members (excludes halogenated alkanes) is 1. The van der Waals surface area contributed by atoms with Gasteiger partial charge >= 0.3 is 0 Å². The second kappa shape index (κ2) is 13.6. The van der Waals surface area contributed by atoms with Gasteiger partial charge in [0.1, 0.15) is 5.75 Å². The summed E-state index contributed by atoms with van der Waals surface area (Å²) >= 11 is 6.53. The molecule has 0 bridgehead atoms. The van der Waals surface area contributed by atoms with Crippen molar-refractivity contribution in [3.05, 3.63) is 58.6 Å². The lowest BCUT2D eigenvalue weighted by atomic mass is 9.94. The Hall–Kier alpha value is -2.71. The molecule has 0 aromatic heterocycles. The third kappa shape index (κ3) is 6.38. The molecule has 39 heavy (non-hydrogen) atoms. The minimum absolute atomic E-state index is 0.0499. The second-order valence-corrected chi connectivity index (χ2v) is 10.4. The highest BCUT2D eigenvalue weighted by atomic mass is 35.5. The average molecular weight is 557 g/mol. The lowest BCUT2D eigenvalue weighted by Crippen LogP contribution is -2.51. The maximum absolute atomic E-state index is 11.6.